The molecule has 0 fully saturated rings. The van der Waals surface area contributed by atoms with Gasteiger partial charge in [0.25, 0.3) is 5.91 Å². The fourth-order valence-electron chi connectivity index (χ4n) is 2.32. The second-order valence-corrected chi connectivity index (χ2v) is 5.04. The molecule has 1 aromatic heterocycles. The number of carboxylic acid groups (broad SMARTS) is 1. The van der Waals surface area contributed by atoms with E-state index < -0.39 is 11.9 Å². The lowest BCUT2D eigenvalue weighted by atomic mass is 10.0. The summed E-state index contributed by atoms with van der Waals surface area (Å²) >= 11 is 0. The van der Waals surface area contributed by atoms with Gasteiger partial charge in [0, 0.05) is 0 Å². The van der Waals surface area contributed by atoms with Crippen LogP contribution >= 0.6 is 0 Å². The maximum Gasteiger partial charge on any atom is 0.325 e. The van der Waals surface area contributed by atoms with Crippen molar-refractivity contribution < 1.29 is 19.5 Å². The number of aromatic nitrogens is 3. The average molecular weight is 318 g/mol. The van der Waals surface area contributed by atoms with Crippen molar-refractivity contribution in [2.24, 2.45) is 0 Å². The van der Waals surface area contributed by atoms with E-state index in [2.05, 4.69) is 10.3 Å². The van der Waals surface area contributed by atoms with Crippen LogP contribution in [0, 0.1) is 6.92 Å². The van der Waals surface area contributed by atoms with Crippen molar-refractivity contribution in [3.8, 4) is 0 Å². The number of benzene rings is 1. The highest BCUT2D eigenvalue weighted by atomic mass is 16.7. The zero-order valence-electron chi connectivity index (χ0n) is 13.1. The van der Waals surface area contributed by atoms with Crippen molar-refractivity contribution in [3.63, 3.8) is 0 Å². The first-order chi connectivity index (χ1) is 10.9. The molecule has 8 nitrogen and oxygen atoms in total. The minimum Gasteiger partial charge on any atom is -0.480 e. The van der Waals surface area contributed by atoms with Gasteiger partial charge in [-0.3, -0.25) is 14.4 Å². The number of aliphatic carboxylic acids is 1. The van der Waals surface area contributed by atoms with E-state index in [9.17, 15) is 9.59 Å². The molecule has 23 heavy (non-hydrogen) atoms. The van der Waals surface area contributed by atoms with E-state index in [1.807, 2.05) is 38.1 Å². The van der Waals surface area contributed by atoms with Crippen LogP contribution in [0.5, 0.6) is 0 Å². The molecule has 0 saturated carbocycles. The Kier molecular flexibility index (Phi) is 5.07. The van der Waals surface area contributed by atoms with E-state index >= 15 is 0 Å². The molecule has 1 heterocycles. The van der Waals surface area contributed by atoms with Gasteiger partial charge in [0.05, 0.1) is 19.3 Å². The first kappa shape index (κ1) is 16.6. The molecule has 1 atom stereocenters. The van der Waals surface area contributed by atoms with Crippen molar-refractivity contribution in [2.75, 3.05) is 7.11 Å². The number of aryl methyl sites for hydroxylation is 1. The summed E-state index contributed by atoms with van der Waals surface area (Å²) in [4.78, 5) is 28.4. The lowest BCUT2D eigenvalue weighted by Gasteiger charge is -2.27. The maximum atomic E-state index is 12.5. The molecule has 0 aliphatic rings. The molecule has 0 radical (unpaired) electrons. The minimum absolute atomic E-state index is 0.0218. The molecule has 1 unspecified atom stereocenters. The van der Waals surface area contributed by atoms with E-state index in [-0.39, 0.29) is 18.3 Å². The molecule has 122 valence electrons. The summed E-state index contributed by atoms with van der Waals surface area (Å²) in [7, 11) is 1.40. The Balaban J connectivity index is 2.23. The molecule has 2 rings (SSSR count). The number of rotatable bonds is 6. The summed E-state index contributed by atoms with van der Waals surface area (Å²) in [5.41, 5.74) is 2.00. The Morgan fingerprint density at radius 1 is 1.39 bits per heavy atom. The van der Waals surface area contributed by atoms with Gasteiger partial charge in [-0.05, 0) is 25.0 Å². The molecular formula is C15H18N4O4. The monoisotopic (exact) mass is 318 g/mol. The van der Waals surface area contributed by atoms with Crippen molar-refractivity contribution in [2.45, 2.75) is 26.4 Å². The normalized spacial score (nSPS) is 12.0. The predicted octanol–water partition coefficient (Wildman–Crippen LogP) is 1.44. The van der Waals surface area contributed by atoms with Crippen LogP contribution in [-0.4, -0.2) is 44.1 Å². The molecule has 0 saturated heterocycles. The molecular weight excluding hydrogens is 300 g/mol. The van der Waals surface area contributed by atoms with Crippen LogP contribution < -0.4 is 0 Å². The smallest absolute Gasteiger partial charge is 0.325 e. The Morgan fingerprint density at radius 2 is 2.09 bits per heavy atom. The van der Waals surface area contributed by atoms with E-state index in [0.29, 0.717) is 0 Å². The number of nitrogens with zero attached hydrogens (tertiary/aromatic N) is 4. The van der Waals surface area contributed by atoms with Crippen LogP contribution in [0.15, 0.2) is 30.5 Å². The van der Waals surface area contributed by atoms with Crippen molar-refractivity contribution in [3.05, 3.63) is 47.3 Å². The minimum atomic E-state index is -1.06. The van der Waals surface area contributed by atoms with Gasteiger partial charge >= 0.3 is 5.97 Å². The molecule has 1 aromatic carbocycles. The number of carbonyl (C=O) groups is 2. The number of carboxylic acids is 1. The summed E-state index contributed by atoms with van der Waals surface area (Å²) in [6.45, 7) is 3.43. The summed E-state index contributed by atoms with van der Waals surface area (Å²) in [5.74, 6) is -1.55. The Morgan fingerprint density at radius 3 is 2.70 bits per heavy atom. The van der Waals surface area contributed by atoms with Gasteiger partial charge in [-0.1, -0.05) is 29.5 Å². The molecule has 0 spiro atoms. The van der Waals surface area contributed by atoms with E-state index in [1.54, 1.807) is 0 Å². The van der Waals surface area contributed by atoms with Gasteiger partial charge in [-0.2, -0.15) is 0 Å². The summed E-state index contributed by atoms with van der Waals surface area (Å²) in [6, 6.07) is 7.34. The molecule has 0 aliphatic heterocycles. The number of hydrogen-bond acceptors (Lipinski definition) is 5. The molecule has 1 N–H and O–H groups in total. The third kappa shape index (κ3) is 3.72. The number of hydrogen-bond donors (Lipinski definition) is 1. The third-order valence-electron chi connectivity index (χ3n) is 3.44. The van der Waals surface area contributed by atoms with Gasteiger partial charge in [0.1, 0.15) is 6.54 Å². The number of amides is 1. The van der Waals surface area contributed by atoms with Gasteiger partial charge in [-0.15, -0.1) is 5.10 Å². The molecule has 0 aliphatic carbocycles. The first-order valence-electron chi connectivity index (χ1n) is 6.99. The number of hydroxylamine groups is 2. The SMILES string of the molecule is CON(C(=O)c1cn(CC(=O)O)nn1)C(C)c1ccccc1C. The fraction of sp³-hybridized carbons (Fsp3) is 0.333. The summed E-state index contributed by atoms with van der Waals surface area (Å²) in [5, 5.41) is 17.3. The van der Waals surface area contributed by atoms with Crippen LogP contribution in [0.4, 0.5) is 0 Å². The second-order valence-electron chi connectivity index (χ2n) is 5.04. The van der Waals surface area contributed by atoms with Crippen molar-refractivity contribution >= 4 is 11.9 Å². The highest BCUT2D eigenvalue weighted by molar-refractivity contribution is 5.91. The Labute approximate surface area is 133 Å². The average Bonchev–Trinajstić information content (AvgIpc) is 2.95. The highest BCUT2D eigenvalue weighted by Gasteiger charge is 2.26. The quantitative estimate of drug-likeness (QED) is 0.809. The lowest BCUT2D eigenvalue weighted by Crippen LogP contribution is -2.33. The zero-order chi connectivity index (χ0) is 17.0. The third-order valence-corrected chi connectivity index (χ3v) is 3.44. The van der Waals surface area contributed by atoms with E-state index in [1.165, 1.54) is 18.4 Å². The van der Waals surface area contributed by atoms with Crippen molar-refractivity contribution in [1.82, 2.24) is 20.1 Å². The standard InChI is InChI=1S/C15H18N4O4/c1-10-6-4-5-7-12(10)11(2)19(23-3)15(22)13-8-18(17-16-13)9-14(20)21/h4-8,11H,9H2,1-3H3,(H,20,21). The van der Waals surface area contributed by atoms with E-state index in [0.717, 1.165) is 15.8 Å². The lowest BCUT2D eigenvalue weighted by molar-refractivity contribution is -0.137. The Bertz CT molecular complexity index is 713. The largest absolute Gasteiger partial charge is 0.480 e. The predicted molar refractivity (Wildman–Crippen MR) is 80.4 cm³/mol. The topological polar surface area (TPSA) is 97.5 Å². The molecule has 1 amide bonds. The van der Waals surface area contributed by atoms with E-state index in [4.69, 9.17) is 9.94 Å². The van der Waals surface area contributed by atoms with Crippen LogP contribution in [0.1, 0.15) is 34.6 Å². The zero-order valence-corrected chi connectivity index (χ0v) is 13.1. The van der Waals surface area contributed by atoms with Crippen LogP contribution in [0.2, 0.25) is 0 Å². The second kappa shape index (κ2) is 7.01. The van der Waals surface area contributed by atoms with Crippen LogP contribution in [0.25, 0.3) is 0 Å². The fourth-order valence-corrected chi connectivity index (χ4v) is 2.32. The van der Waals surface area contributed by atoms with Crippen LogP contribution in [0.3, 0.4) is 0 Å². The van der Waals surface area contributed by atoms with Gasteiger partial charge in [0.15, 0.2) is 5.69 Å². The van der Waals surface area contributed by atoms with Gasteiger partial charge in [-0.25, -0.2) is 9.75 Å². The number of carbonyl (C=O) groups excluding carboxylic acids is 1. The maximum absolute atomic E-state index is 12.5. The highest BCUT2D eigenvalue weighted by Crippen LogP contribution is 2.24. The molecule has 0 bridgehead atoms. The van der Waals surface area contributed by atoms with Crippen LogP contribution in [-0.2, 0) is 16.2 Å². The first-order valence-corrected chi connectivity index (χ1v) is 6.99. The summed E-state index contributed by atoms with van der Waals surface area (Å²) in [6.07, 6.45) is 1.28. The van der Waals surface area contributed by atoms with Crippen molar-refractivity contribution in [1.29, 1.82) is 0 Å². The molecule has 2 aromatic rings. The van der Waals surface area contributed by atoms with Gasteiger partial charge < -0.3 is 5.11 Å². The Hall–Kier alpha value is -2.74. The molecule has 8 heteroatoms. The summed E-state index contributed by atoms with van der Waals surface area (Å²) < 4.78 is 1.09. The van der Waals surface area contributed by atoms with Gasteiger partial charge in [0.2, 0.25) is 0 Å².